The van der Waals surface area contributed by atoms with Gasteiger partial charge in [0.1, 0.15) is 5.69 Å². The molecule has 0 radical (unpaired) electrons. The van der Waals surface area contributed by atoms with Gasteiger partial charge in [0, 0.05) is 31.2 Å². The number of benzene rings is 1. The molecule has 0 spiro atoms. The molecule has 0 aromatic heterocycles. The summed E-state index contributed by atoms with van der Waals surface area (Å²) in [5, 5.41) is 19.6. The van der Waals surface area contributed by atoms with Gasteiger partial charge < -0.3 is 10.1 Å². The molecule has 2 unspecified atom stereocenters. The van der Waals surface area contributed by atoms with Gasteiger partial charge in [0.2, 0.25) is 10.0 Å². The van der Waals surface area contributed by atoms with Crippen LogP contribution in [0.4, 0.5) is 11.4 Å². The number of nitro groups is 1. The fourth-order valence-corrected chi connectivity index (χ4v) is 4.26. The number of ether oxygens (including phenoxy) is 1. The van der Waals surface area contributed by atoms with E-state index >= 15 is 0 Å². The van der Waals surface area contributed by atoms with E-state index in [-0.39, 0.29) is 16.6 Å². The molecule has 26 heavy (non-hydrogen) atoms. The zero-order valence-electron chi connectivity index (χ0n) is 14.5. The van der Waals surface area contributed by atoms with Crippen LogP contribution in [0.25, 0.3) is 0 Å². The molecular formula is C16H24N4O5S. The largest absolute Gasteiger partial charge is 0.381 e. The number of nitrogens with two attached hydrogens (primary N) is 1. The van der Waals surface area contributed by atoms with E-state index in [2.05, 4.69) is 10.2 Å². The minimum absolute atomic E-state index is 0.234. The second-order valence-corrected chi connectivity index (χ2v) is 8.36. The molecule has 0 saturated carbocycles. The SMILES string of the molecule is NS(=O)(=O)c1ccc(NCC(C2CCOC2)N2CCCC2)c([N+](=O)[O-])c1. The molecule has 144 valence electrons. The van der Waals surface area contributed by atoms with Gasteiger partial charge in [0.15, 0.2) is 0 Å². The van der Waals surface area contributed by atoms with E-state index in [0.29, 0.717) is 24.8 Å². The molecule has 10 heteroatoms. The van der Waals surface area contributed by atoms with Crippen LogP contribution in [0, 0.1) is 16.0 Å². The van der Waals surface area contributed by atoms with E-state index in [0.717, 1.165) is 45.0 Å². The summed E-state index contributed by atoms with van der Waals surface area (Å²) in [5.41, 5.74) is 0.00452. The van der Waals surface area contributed by atoms with Crippen molar-refractivity contribution in [3.63, 3.8) is 0 Å². The number of hydrogen-bond acceptors (Lipinski definition) is 7. The van der Waals surface area contributed by atoms with E-state index in [1.54, 1.807) is 0 Å². The standard InChI is InChI=1S/C16H24N4O5S/c17-26(23,24)13-3-4-14(15(9-13)20(21)22)18-10-16(12-5-8-25-11-12)19-6-1-2-7-19/h3-4,9,12,16,18H,1-2,5-8,10-11H2,(H2,17,23,24). The number of anilines is 1. The zero-order valence-corrected chi connectivity index (χ0v) is 15.3. The number of nitro benzene ring substituents is 1. The molecule has 1 aromatic rings. The Labute approximate surface area is 152 Å². The third-order valence-electron chi connectivity index (χ3n) is 5.11. The van der Waals surface area contributed by atoms with Gasteiger partial charge in [-0.2, -0.15) is 0 Å². The number of rotatable bonds is 7. The van der Waals surface area contributed by atoms with Crippen molar-refractivity contribution in [2.45, 2.75) is 30.2 Å². The Morgan fingerprint density at radius 1 is 1.38 bits per heavy atom. The third kappa shape index (κ3) is 4.32. The maximum atomic E-state index is 11.4. The van der Waals surface area contributed by atoms with Gasteiger partial charge >= 0.3 is 0 Å². The average Bonchev–Trinajstić information content (AvgIpc) is 3.28. The van der Waals surface area contributed by atoms with Crippen LogP contribution in [0.2, 0.25) is 0 Å². The number of nitrogens with zero attached hydrogens (tertiary/aromatic N) is 2. The first-order valence-electron chi connectivity index (χ1n) is 8.73. The van der Waals surface area contributed by atoms with Crippen molar-refractivity contribution in [1.82, 2.24) is 4.90 Å². The van der Waals surface area contributed by atoms with Crippen molar-refractivity contribution in [2.24, 2.45) is 11.1 Å². The lowest BCUT2D eigenvalue weighted by Crippen LogP contribution is -2.44. The van der Waals surface area contributed by atoms with Crippen molar-refractivity contribution in [1.29, 1.82) is 0 Å². The second-order valence-electron chi connectivity index (χ2n) is 6.80. The molecular weight excluding hydrogens is 360 g/mol. The summed E-state index contributed by atoms with van der Waals surface area (Å²) in [6, 6.07) is 3.93. The van der Waals surface area contributed by atoms with Gasteiger partial charge in [-0.3, -0.25) is 15.0 Å². The Morgan fingerprint density at radius 3 is 2.69 bits per heavy atom. The van der Waals surface area contributed by atoms with Crippen molar-refractivity contribution in [3.05, 3.63) is 28.3 Å². The van der Waals surface area contributed by atoms with Crippen molar-refractivity contribution in [3.8, 4) is 0 Å². The molecule has 0 amide bonds. The summed E-state index contributed by atoms with van der Waals surface area (Å²) in [6.07, 6.45) is 3.30. The minimum Gasteiger partial charge on any atom is -0.381 e. The third-order valence-corrected chi connectivity index (χ3v) is 6.03. The van der Waals surface area contributed by atoms with Crippen molar-refractivity contribution in [2.75, 3.05) is 38.2 Å². The summed E-state index contributed by atoms with van der Waals surface area (Å²) in [6.45, 7) is 4.04. The average molecular weight is 384 g/mol. The van der Waals surface area contributed by atoms with Crippen LogP contribution in [0.5, 0.6) is 0 Å². The maximum absolute atomic E-state index is 11.4. The lowest BCUT2D eigenvalue weighted by molar-refractivity contribution is -0.384. The highest BCUT2D eigenvalue weighted by Gasteiger charge is 2.32. The van der Waals surface area contributed by atoms with E-state index in [1.807, 2.05) is 0 Å². The van der Waals surface area contributed by atoms with Gasteiger partial charge in [-0.25, -0.2) is 13.6 Å². The lowest BCUT2D eigenvalue weighted by atomic mass is 9.97. The van der Waals surface area contributed by atoms with Crippen molar-refractivity contribution >= 4 is 21.4 Å². The highest BCUT2D eigenvalue weighted by Crippen LogP contribution is 2.29. The number of nitrogens with one attached hydrogen (secondary N) is 1. The summed E-state index contributed by atoms with van der Waals surface area (Å²) in [7, 11) is -3.99. The normalized spacial score (nSPS) is 22.4. The second kappa shape index (κ2) is 7.87. The molecule has 2 atom stereocenters. The van der Waals surface area contributed by atoms with Gasteiger partial charge in [0.25, 0.3) is 5.69 Å². The van der Waals surface area contributed by atoms with E-state index in [9.17, 15) is 18.5 Å². The molecule has 2 saturated heterocycles. The van der Waals surface area contributed by atoms with Gasteiger partial charge in [-0.05, 0) is 44.5 Å². The predicted molar refractivity (Wildman–Crippen MR) is 96.5 cm³/mol. The highest BCUT2D eigenvalue weighted by molar-refractivity contribution is 7.89. The van der Waals surface area contributed by atoms with Crippen LogP contribution >= 0.6 is 0 Å². The summed E-state index contributed by atoms with van der Waals surface area (Å²) in [4.78, 5) is 12.9. The summed E-state index contributed by atoms with van der Waals surface area (Å²) in [5.74, 6) is 0.392. The summed E-state index contributed by atoms with van der Waals surface area (Å²) < 4.78 is 28.4. The fourth-order valence-electron chi connectivity index (χ4n) is 3.73. The zero-order chi connectivity index (χ0) is 18.7. The Bertz CT molecular complexity index is 742. The van der Waals surface area contributed by atoms with Gasteiger partial charge in [-0.15, -0.1) is 0 Å². The summed E-state index contributed by atoms with van der Waals surface area (Å²) >= 11 is 0. The fraction of sp³-hybridized carbons (Fsp3) is 0.625. The topological polar surface area (TPSA) is 128 Å². The molecule has 1 aromatic carbocycles. The number of likely N-dealkylation sites (tertiary alicyclic amines) is 1. The molecule has 2 fully saturated rings. The smallest absolute Gasteiger partial charge is 0.293 e. The predicted octanol–water partition coefficient (Wildman–Crippen LogP) is 1.16. The van der Waals surface area contributed by atoms with E-state index in [4.69, 9.17) is 9.88 Å². The van der Waals surface area contributed by atoms with Crippen LogP contribution in [-0.2, 0) is 14.8 Å². The first kappa shape index (κ1) is 19.0. The molecule has 0 bridgehead atoms. The van der Waals surface area contributed by atoms with Crippen molar-refractivity contribution < 1.29 is 18.1 Å². The lowest BCUT2D eigenvalue weighted by Gasteiger charge is -2.32. The van der Waals surface area contributed by atoms with Crippen LogP contribution in [0.1, 0.15) is 19.3 Å². The Balaban J connectivity index is 1.79. The molecule has 9 nitrogen and oxygen atoms in total. The quantitative estimate of drug-likeness (QED) is 0.533. The van der Waals surface area contributed by atoms with Crippen LogP contribution in [0.3, 0.4) is 0 Å². The molecule has 2 aliphatic rings. The highest BCUT2D eigenvalue weighted by atomic mass is 32.2. The molecule has 3 N–H and O–H groups in total. The van der Waals surface area contributed by atoms with Crippen LogP contribution < -0.4 is 10.5 Å². The van der Waals surface area contributed by atoms with Crippen LogP contribution in [0.15, 0.2) is 23.1 Å². The monoisotopic (exact) mass is 384 g/mol. The number of hydrogen-bond donors (Lipinski definition) is 2. The minimum atomic E-state index is -3.99. The first-order valence-corrected chi connectivity index (χ1v) is 10.3. The van der Waals surface area contributed by atoms with Gasteiger partial charge in [0.05, 0.1) is 16.4 Å². The first-order chi connectivity index (χ1) is 12.4. The van der Waals surface area contributed by atoms with E-state index < -0.39 is 14.9 Å². The maximum Gasteiger partial charge on any atom is 0.293 e. The molecule has 2 aliphatic heterocycles. The van der Waals surface area contributed by atoms with Gasteiger partial charge in [-0.1, -0.05) is 0 Å². The Morgan fingerprint density at radius 2 is 2.12 bits per heavy atom. The van der Waals surface area contributed by atoms with Crippen LogP contribution in [-0.4, -0.2) is 57.1 Å². The van der Waals surface area contributed by atoms with E-state index in [1.165, 1.54) is 12.1 Å². The molecule has 0 aliphatic carbocycles. The number of sulfonamides is 1. The molecule has 3 rings (SSSR count). The number of primary sulfonamides is 1. The Hall–Kier alpha value is -1.75. The Kier molecular flexibility index (Phi) is 5.76. The molecule has 2 heterocycles.